The summed E-state index contributed by atoms with van der Waals surface area (Å²) in [5.41, 5.74) is 1.48. The smallest absolute Gasteiger partial charge is 0.220 e. The average Bonchev–Trinajstić information content (AvgIpc) is 2.72. The first kappa shape index (κ1) is 22.5. The van der Waals surface area contributed by atoms with Crippen LogP contribution in [0.2, 0.25) is 5.02 Å². The molecule has 2 aromatic rings. The van der Waals surface area contributed by atoms with Gasteiger partial charge >= 0.3 is 0 Å². The van der Waals surface area contributed by atoms with Gasteiger partial charge in [0.25, 0.3) is 0 Å². The Morgan fingerprint density at radius 1 is 1.24 bits per heavy atom. The van der Waals surface area contributed by atoms with Crippen LogP contribution in [0.4, 0.5) is 0 Å². The number of benzene rings is 2. The first-order valence-electron chi connectivity index (χ1n) is 9.34. The first-order chi connectivity index (χ1) is 14.0. The molecule has 2 rings (SSSR count). The summed E-state index contributed by atoms with van der Waals surface area (Å²) in [6.45, 7) is 0.844. The van der Waals surface area contributed by atoms with Crippen molar-refractivity contribution in [2.45, 2.75) is 18.9 Å². The van der Waals surface area contributed by atoms with Crippen LogP contribution in [0, 0.1) is 11.3 Å². The van der Waals surface area contributed by atoms with Crippen molar-refractivity contribution in [3.63, 3.8) is 0 Å². The van der Waals surface area contributed by atoms with E-state index in [0.717, 1.165) is 5.56 Å². The molecule has 0 fully saturated rings. The maximum atomic E-state index is 12.2. The van der Waals surface area contributed by atoms with Gasteiger partial charge in [-0.25, -0.2) is 0 Å². The third-order valence-electron chi connectivity index (χ3n) is 4.48. The summed E-state index contributed by atoms with van der Waals surface area (Å²) in [5, 5.41) is 12.6. The van der Waals surface area contributed by atoms with Crippen molar-refractivity contribution in [2.75, 3.05) is 34.4 Å². The number of carbonyl (C=O) groups excluding carboxylic acids is 1. The van der Waals surface area contributed by atoms with Gasteiger partial charge < -0.3 is 19.7 Å². The number of ether oxygens (including phenoxy) is 2. The SMILES string of the molecule is COc1cc(C#N)ccc1OCCCC(=O)NCC(c1ccccc1Cl)N(C)C. The summed E-state index contributed by atoms with van der Waals surface area (Å²) in [4.78, 5) is 14.3. The Labute approximate surface area is 177 Å². The van der Waals surface area contributed by atoms with Crippen LogP contribution in [0.1, 0.15) is 30.0 Å². The number of rotatable bonds is 10. The van der Waals surface area contributed by atoms with Gasteiger partial charge in [0.1, 0.15) is 0 Å². The van der Waals surface area contributed by atoms with Crippen molar-refractivity contribution in [1.82, 2.24) is 10.2 Å². The fourth-order valence-electron chi connectivity index (χ4n) is 2.89. The summed E-state index contributed by atoms with van der Waals surface area (Å²) in [6.07, 6.45) is 0.912. The number of likely N-dealkylation sites (N-methyl/N-ethyl adjacent to an activating group) is 1. The molecule has 0 saturated heterocycles. The number of amides is 1. The molecule has 1 N–H and O–H groups in total. The van der Waals surface area contributed by atoms with Crippen molar-refractivity contribution in [2.24, 2.45) is 0 Å². The Bertz CT molecular complexity index is 865. The molecule has 0 radical (unpaired) electrons. The molecule has 154 valence electrons. The largest absolute Gasteiger partial charge is 0.493 e. The zero-order chi connectivity index (χ0) is 21.2. The first-order valence-corrected chi connectivity index (χ1v) is 9.72. The molecule has 1 atom stereocenters. The molecule has 0 aliphatic heterocycles. The number of nitriles is 1. The molecule has 0 bridgehead atoms. The number of nitrogens with one attached hydrogen (secondary N) is 1. The zero-order valence-electron chi connectivity index (χ0n) is 16.9. The monoisotopic (exact) mass is 415 g/mol. The molecule has 2 aromatic carbocycles. The molecule has 1 amide bonds. The molecule has 0 aromatic heterocycles. The van der Waals surface area contributed by atoms with Gasteiger partial charge in [0.2, 0.25) is 5.91 Å². The van der Waals surface area contributed by atoms with E-state index in [1.54, 1.807) is 18.2 Å². The normalized spacial score (nSPS) is 11.6. The maximum absolute atomic E-state index is 12.2. The highest BCUT2D eigenvalue weighted by molar-refractivity contribution is 6.31. The second kappa shape index (κ2) is 11.3. The fraction of sp³-hybridized carbons (Fsp3) is 0.364. The van der Waals surface area contributed by atoms with E-state index >= 15 is 0 Å². The van der Waals surface area contributed by atoms with Crippen LogP contribution in [0.5, 0.6) is 11.5 Å². The van der Waals surface area contributed by atoms with E-state index in [9.17, 15) is 4.79 Å². The number of nitrogens with zero attached hydrogens (tertiary/aromatic N) is 2. The van der Waals surface area contributed by atoms with Gasteiger partial charge in [0, 0.05) is 24.1 Å². The summed E-state index contributed by atoms with van der Waals surface area (Å²) < 4.78 is 10.9. The van der Waals surface area contributed by atoms with Crippen LogP contribution in [-0.2, 0) is 4.79 Å². The Morgan fingerprint density at radius 2 is 2.00 bits per heavy atom. The second-order valence-electron chi connectivity index (χ2n) is 6.73. The Kier molecular flexibility index (Phi) is 8.78. The Morgan fingerprint density at radius 3 is 2.66 bits per heavy atom. The summed E-state index contributed by atoms with van der Waals surface area (Å²) in [6, 6.07) is 14.7. The van der Waals surface area contributed by atoms with E-state index in [-0.39, 0.29) is 11.9 Å². The van der Waals surface area contributed by atoms with Gasteiger partial charge in [0.15, 0.2) is 11.5 Å². The van der Waals surface area contributed by atoms with Gasteiger partial charge in [-0.05, 0) is 44.3 Å². The standard InChI is InChI=1S/C22H26ClN3O3/c1-26(2)19(17-7-4-5-8-18(17)23)15-25-22(27)9-6-12-29-20-11-10-16(14-24)13-21(20)28-3/h4-5,7-8,10-11,13,19H,6,9,12,15H2,1-3H3,(H,25,27). The van der Waals surface area contributed by atoms with Crippen LogP contribution in [0.3, 0.4) is 0 Å². The predicted molar refractivity (Wildman–Crippen MR) is 113 cm³/mol. The quantitative estimate of drug-likeness (QED) is 0.597. The van der Waals surface area contributed by atoms with Gasteiger partial charge in [-0.2, -0.15) is 5.26 Å². The highest BCUT2D eigenvalue weighted by Crippen LogP contribution is 2.28. The molecule has 0 aliphatic rings. The topological polar surface area (TPSA) is 74.6 Å². The molecule has 1 unspecified atom stereocenters. The average molecular weight is 416 g/mol. The van der Waals surface area contributed by atoms with E-state index in [1.165, 1.54) is 7.11 Å². The highest BCUT2D eigenvalue weighted by Gasteiger charge is 2.17. The summed E-state index contributed by atoms with van der Waals surface area (Å²) in [7, 11) is 5.44. The predicted octanol–water partition coefficient (Wildman–Crippen LogP) is 3.80. The molecule has 7 heteroatoms. The molecule has 0 aliphatic carbocycles. The molecule has 6 nitrogen and oxygen atoms in total. The molecule has 0 heterocycles. The minimum atomic E-state index is -0.0423. The van der Waals surface area contributed by atoms with Crippen LogP contribution in [0.25, 0.3) is 0 Å². The summed E-state index contributed by atoms with van der Waals surface area (Å²) >= 11 is 6.30. The minimum Gasteiger partial charge on any atom is -0.493 e. The third kappa shape index (κ3) is 6.67. The number of carbonyl (C=O) groups is 1. The molecular formula is C22H26ClN3O3. The zero-order valence-corrected chi connectivity index (χ0v) is 17.7. The van der Waals surface area contributed by atoms with Crippen LogP contribution >= 0.6 is 11.6 Å². The molecule has 0 spiro atoms. The number of methoxy groups -OCH3 is 1. The van der Waals surface area contributed by atoms with E-state index in [2.05, 4.69) is 11.4 Å². The fourth-order valence-corrected chi connectivity index (χ4v) is 3.15. The lowest BCUT2D eigenvalue weighted by atomic mass is 10.1. The highest BCUT2D eigenvalue weighted by atomic mass is 35.5. The van der Waals surface area contributed by atoms with Crippen LogP contribution in [-0.4, -0.2) is 45.2 Å². The molecule has 0 saturated carbocycles. The van der Waals surface area contributed by atoms with Gasteiger partial charge in [-0.15, -0.1) is 0 Å². The van der Waals surface area contributed by atoms with Gasteiger partial charge in [-0.3, -0.25) is 4.79 Å². The van der Waals surface area contributed by atoms with E-state index < -0.39 is 0 Å². The van der Waals surface area contributed by atoms with E-state index in [1.807, 2.05) is 43.3 Å². The van der Waals surface area contributed by atoms with Crippen molar-refractivity contribution < 1.29 is 14.3 Å². The Hall–Kier alpha value is -2.75. The van der Waals surface area contributed by atoms with Gasteiger partial charge in [0.05, 0.1) is 31.4 Å². The van der Waals surface area contributed by atoms with Crippen LogP contribution in [0.15, 0.2) is 42.5 Å². The minimum absolute atomic E-state index is 0.00758. The lowest BCUT2D eigenvalue weighted by molar-refractivity contribution is -0.121. The Balaban J connectivity index is 1.80. The second-order valence-corrected chi connectivity index (χ2v) is 7.14. The van der Waals surface area contributed by atoms with Crippen molar-refractivity contribution in [3.05, 3.63) is 58.6 Å². The number of hydrogen-bond acceptors (Lipinski definition) is 5. The molecular weight excluding hydrogens is 390 g/mol. The van der Waals surface area contributed by atoms with Crippen molar-refractivity contribution in [3.8, 4) is 17.6 Å². The number of halogens is 1. The lowest BCUT2D eigenvalue weighted by Crippen LogP contribution is -2.34. The third-order valence-corrected chi connectivity index (χ3v) is 4.82. The van der Waals surface area contributed by atoms with Crippen LogP contribution < -0.4 is 14.8 Å². The van der Waals surface area contributed by atoms with E-state index in [0.29, 0.717) is 48.1 Å². The van der Waals surface area contributed by atoms with Gasteiger partial charge in [-0.1, -0.05) is 29.8 Å². The lowest BCUT2D eigenvalue weighted by Gasteiger charge is -2.26. The van der Waals surface area contributed by atoms with E-state index in [4.69, 9.17) is 26.3 Å². The van der Waals surface area contributed by atoms with Crippen molar-refractivity contribution in [1.29, 1.82) is 5.26 Å². The maximum Gasteiger partial charge on any atom is 0.220 e. The van der Waals surface area contributed by atoms with Crippen molar-refractivity contribution >= 4 is 17.5 Å². The summed E-state index contributed by atoms with van der Waals surface area (Å²) in [5.74, 6) is 1.01. The number of hydrogen-bond donors (Lipinski definition) is 1. The molecule has 29 heavy (non-hydrogen) atoms.